The van der Waals surface area contributed by atoms with Gasteiger partial charge in [-0.05, 0) is 43.7 Å². The third kappa shape index (κ3) is 4.08. The number of carbonyl (C=O) groups excluding carboxylic acids is 2. The zero-order chi connectivity index (χ0) is 19.4. The molecule has 1 atom stereocenters. The second-order valence-corrected chi connectivity index (χ2v) is 6.01. The first-order valence-corrected chi connectivity index (χ1v) is 8.56. The van der Waals surface area contributed by atoms with E-state index in [9.17, 15) is 14.0 Å². The lowest BCUT2D eigenvalue weighted by atomic mass is 9.94. The molecule has 0 bridgehead atoms. The predicted molar refractivity (Wildman–Crippen MR) is 99.7 cm³/mol. The summed E-state index contributed by atoms with van der Waals surface area (Å²) >= 11 is 0. The van der Waals surface area contributed by atoms with Gasteiger partial charge >= 0.3 is 6.03 Å². The van der Waals surface area contributed by atoms with Crippen molar-refractivity contribution in [2.75, 3.05) is 11.9 Å². The quantitative estimate of drug-likeness (QED) is 0.755. The molecular weight excluding hydrogens is 349 g/mol. The third-order valence-corrected chi connectivity index (χ3v) is 4.16. The van der Waals surface area contributed by atoms with Gasteiger partial charge in [0.2, 0.25) is 0 Å². The second-order valence-electron chi connectivity index (χ2n) is 6.01. The number of rotatable bonds is 5. The summed E-state index contributed by atoms with van der Waals surface area (Å²) in [6, 6.07) is 12.0. The van der Waals surface area contributed by atoms with Gasteiger partial charge in [-0.25, -0.2) is 9.18 Å². The van der Waals surface area contributed by atoms with E-state index in [-0.39, 0.29) is 5.69 Å². The van der Waals surface area contributed by atoms with E-state index >= 15 is 0 Å². The molecule has 0 unspecified atom stereocenters. The molecule has 1 aliphatic heterocycles. The second kappa shape index (κ2) is 7.90. The van der Waals surface area contributed by atoms with Gasteiger partial charge in [0.1, 0.15) is 11.6 Å². The number of benzene rings is 2. The first kappa shape index (κ1) is 18.4. The summed E-state index contributed by atoms with van der Waals surface area (Å²) in [5, 5.41) is 7.90. The molecule has 140 valence electrons. The van der Waals surface area contributed by atoms with Gasteiger partial charge in [-0.2, -0.15) is 0 Å². The summed E-state index contributed by atoms with van der Waals surface area (Å²) in [7, 11) is 0. The van der Waals surface area contributed by atoms with Crippen LogP contribution in [0.4, 0.5) is 14.9 Å². The first-order chi connectivity index (χ1) is 13.0. The number of nitrogens with one attached hydrogen (secondary N) is 3. The number of para-hydroxylation sites is 1. The molecule has 6 nitrogen and oxygen atoms in total. The minimum atomic E-state index is -0.666. The molecule has 0 radical (unpaired) electrons. The van der Waals surface area contributed by atoms with Gasteiger partial charge in [0, 0.05) is 5.70 Å². The van der Waals surface area contributed by atoms with Crippen molar-refractivity contribution in [3.8, 4) is 5.75 Å². The monoisotopic (exact) mass is 369 g/mol. The van der Waals surface area contributed by atoms with Crippen LogP contribution < -0.4 is 20.7 Å². The zero-order valence-electron chi connectivity index (χ0n) is 15.0. The molecule has 7 heteroatoms. The van der Waals surface area contributed by atoms with Gasteiger partial charge < -0.3 is 20.7 Å². The Bertz CT molecular complexity index is 894. The summed E-state index contributed by atoms with van der Waals surface area (Å²) < 4.78 is 19.3. The lowest BCUT2D eigenvalue weighted by molar-refractivity contribution is -0.113. The van der Waals surface area contributed by atoms with E-state index in [2.05, 4.69) is 16.0 Å². The van der Waals surface area contributed by atoms with Gasteiger partial charge in [0.05, 0.1) is 23.9 Å². The molecule has 1 heterocycles. The summed E-state index contributed by atoms with van der Waals surface area (Å²) in [5.74, 6) is -0.335. The van der Waals surface area contributed by atoms with Crippen LogP contribution in [0.2, 0.25) is 0 Å². The van der Waals surface area contributed by atoms with E-state index in [1.54, 1.807) is 43.3 Å². The maximum atomic E-state index is 13.9. The minimum absolute atomic E-state index is 0.0742. The highest BCUT2D eigenvalue weighted by Gasteiger charge is 2.31. The molecular formula is C20H20FN3O3. The molecule has 0 saturated carbocycles. The van der Waals surface area contributed by atoms with Crippen molar-refractivity contribution in [1.29, 1.82) is 0 Å². The van der Waals surface area contributed by atoms with Crippen LogP contribution in [0, 0.1) is 5.82 Å². The topological polar surface area (TPSA) is 79.5 Å². The van der Waals surface area contributed by atoms with Crippen molar-refractivity contribution in [2.45, 2.75) is 19.9 Å². The number of carbonyl (C=O) groups is 2. The zero-order valence-corrected chi connectivity index (χ0v) is 15.0. The van der Waals surface area contributed by atoms with Crippen molar-refractivity contribution in [2.24, 2.45) is 0 Å². The Morgan fingerprint density at radius 2 is 1.89 bits per heavy atom. The highest BCUT2D eigenvalue weighted by molar-refractivity contribution is 6.06. The Morgan fingerprint density at radius 3 is 2.56 bits per heavy atom. The summed E-state index contributed by atoms with van der Waals surface area (Å²) in [5.41, 5.74) is 1.50. The normalized spacial score (nSPS) is 16.4. The van der Waals surface area contributed by atoms with Gasteiger partial charge in [-0.3, -0.25) is 4.79 Å². The maximum Gasteiger partial charge on any atom is 0.319 e. The molecule has 3 amide bonds. The number of halogens is 1. The molecule has 0 aliphatic carbocycles. The molecule has 3 N–H and O–H groups in total. The summed E-state index contributed by atoms with van der Waals surface area (Å²) in [6.45, 7) is 4.06. The Balaban J connectivity index is 1.91. The van der Waals surface area contributed by atoms with Gasteiger partial charge in [0.15, 0.2) is 0 Å². The third-order valence-electron chi connectivity index (χ3n) is 4.16. The fourth-order valence-corrected chi connectivity index (χ4v) is 2.92. The fourth-order valence-electron chi connectivity index (χ4n) is 2.92. The molecule has 1 aliphatic rings. The first-order valence-electron chi connectivity index (χ1n) is 8.56. The Hall–Kier alpha value is -3.35. The number of amides is 3. The van der Waals surface area contributed by atoms with Crippen LogP contribution >= 0.6 is 0 Å². The average molecular weight is 369 g/mol. The molecule has 2 aromatic carbocycles. The smallest absolute Gasteiger partial charge is 0.319 e. The molecule has 27 heavy (non-hydrogen) atoms. The van der Waals surface area contributed by atoms with Gasteiger partial charge in [-0.1, -0.05) is 24.3 Å². The van der Waals surface area contributed by atoms with E-state index in [0.29, 0.717) is 29.2 Å². The van der Waals surface area contributed by atoms with Crippen molar-refractivity contribution >= 4 is 17.6 Å². The Morgan fingerprint density at radius 1 is 1.19 bits per heavy atom. The van der Waals surface area contributed by atoms with Crippen LogP contribution in [-0.4, -0.2) is 18.5 Å². The number of allylic oxidation sites excluding steroid dienone is 1. The standard InChI is InChI=1S/C20H20FN3O3/c1-3-27-14-10-8-13(9-11-14)18-17(12(2)22-20(26)24-18)19(25)23-16-7-5-4-6-15(16)21/h4-11,18H,3H2,1-2H3,(H,23,25)(H2,22,24,26)/t18-/m0/s1. The van der Waals surface area contributed by atoms with Crippen molar-refractivity contribution in [3.63, 3.8) is 0 Å². The minimum Gasteiger partial charge on any atom is -0.494 e. The number of anilines is 1. The fraction of sp³-hybridized carbons (Fsp3) is 0.200. The number of ether oxygens (including phenoxy) is 1. The number of urea groups is 1. The van der Waals surface area contributed by atoms with Crippen LogP contribution in [-0.2, 0) is 4.79 Å². The lowest BCUT2D eigenvalue weighted by Gasteiger charge is -2.28. The lowest BCUT2D eigenvalue weighted by Crippen LogP contribution is -2.46. The SMILES string of the molecule is CCOc1ccc([C@@H]2NC(=O)NC(C)=C2C(=O)Nc2ccccc2F)cc1. The number of hydrogen-bond donors (Lipinski definition) is 3. The summed E-state index contributed by atoms with van der Waals surface area (Å²) in [6.07, 6.45) is 0. The van der Waals surface area contributed by atoms with E-state index < -0.39 is 23.8 Å². The van der Waals surface area contributed by atoms with Gasteiger partial charge in [-0.15, -0.1) is 0 Å². The van der Waals surface area contributed by atoms with Crippen molar-refractivity contribution < 1.29 is 18.7 Å². The van der Waals surface area contributed by atoms with Crippen LogP contribution in [0.15, 0.2) is 59.8 Å². The molecule has 0 saturated heterocycles. The predicted octanol–water partition coefficient (Wildman–Crippen LogP) is 3.49. The van der Waals surface area contributed by atoms with Crippen molar-refractivity contribution in [3.05, 3.63) is 71.2 Å². The molecule has 2 aromatic rings. The van der Waals surface area contributed by atoms with Crippen LogP contribution in [0.3, 0.4) is 0 Å². The summed E-state index contributed by atoms with van der Waals surface area (Å²) in [4.78, 5) is 24.8. The number of hydrogen-bond acceptors (Lipinski definition) is 3. The van der Waals surface area contributed by atoms with E-state index in [0.717, 1.165) is 0 Å². The molecule has 3 rings (SSSR count). The molecule has 0 aromatic heterocycles. The highest BCUT2D eigenvalue weighted by atomic mass is 19.1. The van der Waals surface area contributed by atoms with Crippen LogP contribution in [0.5, 0.6) is 5.75 Å². The van der Waals surface area contributed by atoms with Crippen LogP contribution in [0.25, 0.3) is 0 Å². The van der Waals surface area contributed by atoms with E-state index in [1.807, 2.05) is 6.92 Å². The maximum absolute atomic E-state index is 13.9. The largest absolute Gasteiger partial charge is 0.494 e. The van der Waals surface area contributed by atoms with E-state index in [4.69, 9.17) is 4.74 Å². The average Bonchev–Trinajstić information content (AvgIpc) is 2.64. The molecule has 0 spiro atoms. The van der Waals surface area contributed by atoms with E-state index in [1.165, 1.54) is 12.1 Å². The molecule has 0 fully saturated rings. The Kier molecular flexibility index (Phi) is 5.40. The van der Waals surface area contributed by atoms with Crippen molar-refractivity contribution in [1.82, 2.24) is 10.6 Å². The van der Waals surface area contributed by atoms with Crippen LogP contribution in [0.1, 0.15) is 25.5 Å². The Labute approximate surface area is 156 Å². The van der Waals surface area contributed by atoms with Gasteiger partial charge in [0.25, 0.3) is 5.91 Å². The highest BCUT2D eigenvalue weighted by Crippen LogP contribution is 2.29.